The van der Waals surface area contributed by atoms with Gasteiger partial charge in [-0.15, -0.1) is 0 Å². The molecule has 30 heavy (non-hydrogen) atoms. The molecule has 13 atom stereocenters. The molecule has 0 aromatic carbocycles. The van der Waals surface area contributed by atoms with Crippen molar-refractivity contribution in [2.75, 3.05) is 0 Å². The minimum atomic E-state index is -0.252. The van der Waals surface area contributed by atoms with Gasteiger partial charge in [-0.05, 0) is 85.9 Å². The quantitative estimate of drug-likeness (QED) is 0.632. The van der Waals surface area contributed by atoms with Crippen molar-refractivity contribution in [2.45, 2.75) is 83.2 Å². The van der Waals surface area contributed by atoms with Crippen LogP contribution in [0.5, 0.6) is 0 Å². The summed E-state index contributed by atoms with van der Waals surface area (Å²) in [6, 6.07) is 0. The lowest BCUT2D eigenvalue weighted by Crippen LogP contribution is -2.50. The fourth-order valence-corrected chi connectivity index (χ4v) is 11.1. The topological polar surface area (TPSA) is 54.4 Å². The van der Waals surface area contributed by atoms with Gasteiger partial charge in [-0.25, -0.2) is 0 Å². The highest BCUT2D eigenvalue weighted by Crippen LogP contribution is 2.70. The average molecular weight is 411 g/mol. The number of aliphatic hydroxyl groups excluding tert-OH is 1. The number of hydrogen-bond acceptors (Lipinski definition) is 3. The van der Waals surface area contributed by atoms with Crippen molar-refractivity contribution in [1.29, 1.82) is 0 Å². The standard InChI is InChI=1S/C27H38O3/c28-25-16-10-4-1-7-13(16)19-22(25)20-15-9-3-6-12-18(15)27(30)24(20)21-14-8-2-5-11-17(14)26(29)23(19)21/h13-25,28H,1-12H2. The Morgan fingerprint density at radius 1 is 0.500 bits per heavy atom. The molecule has 13 unspecified atom stereocenters. The Hall–Kier alpha value is -0.700. The van der Waals surface area contributed by atoms with Gasteiger partial charge in [-0.1, -0.05) is 38.5 Å². The maximum atomic E-state index is 13.9. The molecule has 7 aliphatic carbocycles. The molecular weight excluding hydrogens is 372 g/mol. The monoisotopic (exact) mass is 410 g/mol. The van der Waals surface area contributed by atoms with Crippen molar-refractivity contribution < 1.29 is 14.7 Å². The van der Waals surface area contributed by atoms with Crippen LogP contribution in [0.25, 0.3) is 0 Å². The van der Waals surface area contributed by atoms with Gasteiger partial charge in [0.1, 0.15) is 11.6 Å². The number of fused-ring (bicyclic) bond motifs is 12. The van der Waals surface area contributed by atoms with Gasteiger partial charge in [-0.3, -0.25) is 9.59 Å². The summed E-state index contributed by atoms with van der Waals surface area (Å²) in [7, 11) is 0. The van der Waals surface area contributed by atoms with E-state index in [9.17, 15) is 14.7 Å². The van der Waals surface area contributed by atoms with E-state index in [2.05, 4.69) is 0 Å². The van der Waals surface area contributed by atoms with Crippen molar-refractivity contribution in [2.24, 2.45) is 71.0 Å². The van der Waals surface area contributed by atoms with E-state index >= 15 is 0 Å². The third-order valence-corrected chi connectivity index (χ3v) is 11.8. The normalized spacial score (nSPS) is 59.0. The van der Waals surface area contributed by atoms with Gasteiger partial charge in [0.25, 0.3) is 0 Å². The molecule has 0 saturated heterocycles. The number of hydrogen-bond donors (Lipinski definition) is 1. The zero-order valence-corrected chi connectivity index (χ0v) is 18.3. The van der Waals surface area contributed by atoms with Gasteiger partial charge in [0, 0.05) is 23.7 Å². The van der Waals surface area contributed by atoms with E-state index in [4.69, 9.17) is 0 Å². The summed E-state index contributed by atoms with van der Waals surface area (Å²) in [6.07, 6.45) is 14.1. The first kappa shape index (κ1) is 18.8. The first-order chi connectivity index (χ1) is 14.7. The van der Waals surface area contributed by atoms with E-state index < -0.39 is 0 Å². The molecule has 1 N–H and O–H groups in total. The molecule has 7 aliphatic rings. The Kier molecular flexibility index (Phi) is 4.18. The van der Waals surface area contributed by atoms with E-state index in [1.165, 1.54) is 57.8 Å². The van der Waals surface area contributed by atoms with Crippen LogP contribution in [-0.2, 0) is 9.59 Å². The van der Waals surface area contributed by atoms with Crippen molar-refractivity contribution >= 4 is 11.6 Å². The fourth-order valence-electron chi connectivity index (χ4n) is 11.1. The smallest absolute Gasteiger partial charge is 0.139 e. The number of rotatable bonds is 0. The van der Waals surface area contributed by atoms with Gasteiger partial charge < -0.3 is 5.11 Å². The highest BCUT2D eigenvalue weighted by atomic mass is 16.3. The Bertz CT molecular complexity index is 741. The second-order valence-electron chi connectivity index (χ2n) is 12.4. The van der Waals surface area contributed by atoms with E-state index in [-0.39, 0.29) is 35.7 Å². The molecular formula is C27H38O3. The van der Waals surface area contributed by atoms with Crippen LogP contribution in [0.2, 0.25) is 0 Å². The van der Waals surface area contributed by atoms with Crippen molar-refractivity contribution in [3.05, 3.63) is 0 Å². The molecule has 0 bridgehead atoms. The summed E-state index contributed by atoms with van der Waals surface area (Å²) in [6.45, 7) is 0. The maximum absolute atomic E-state index is 13.9. The minimum absolute atomic E-state index is 0.108. The molecule has 7 saturated carbocycles. The molecule has 0 aliphatic heterocycles. The number of aliphatic hydroxyl groups is 1. The highest BCUT2D eigenvalue weighted by Gasteiger charge is 2.72. The second kappa shape index (κ2) is 6.65. The van der Waals surface area contributed by atoms with Crippen molar-refractivity contribution in [1.82, 2.24) is 0 Å². The van der Waals surface area contributed by atoms with E-state index in [1.807, 2.05) is 0 Å². The molecule has 0 amide bonds. The number of ketones is 2. The first-order valence-electron chi connectivity index (χ1n) is 13.4. The van der Waals surface area contributed by atoms with Crippen LogP contribution in [-0.4, -0.2) is 22.8 Å². The SMILES string of the molecule is O=C1C2CCCCC2C2C1C1C3CCCCC3C(=O)C1C1C3CCCCC3C(O)C21. The zero-order chi connectivity index (χ0) is 20.1. The average Bonchev–Trinajstić information content (AvgIpc) is 3.36. The lowest BCUT2D eigenvalue weighted by Gasteiger charge is -2.49. The molecule has 164 valence electrons. The third-order valence-electron chi connectivity index (χ3n) is 11.8. The van der Waals surface area contributed by atoms with E-state index in [0.717, 1.165) is 19.3 Å². The van der Waals surface area contributed by atoms with Crippen LogP contribution in [0.3, 0.4) is 0 Å². The Morgan fingerprint density at radius 2 is 0.933 bits per heavy atom. The molecule has 0 spiro atoms. The molecule has 7 rings (SSSR count). The molecule has 0 heterocycles. The largest absolute Gasteiger partial charge is 0.393 e. The van der Waals surface area contributed by atoms with Gasteiger partial charge in [0.2, 0.25) is 0 Å². The molecule has 0 aromatic rings. The molecule has 0 aromatic heterocycles. The maximum Gasteiger partial charge on any atom is 0.139 e. The predicted molar refractivity (Wildman–Crippen MR) is 113 cm³/mol. The highest BCUT2D eigenvalue weighted by molar-refractivity contribution is 5.92. The van der Waals surface area contributed by atoms with Crippen molar-refractivity contribution in [3.63, 3.8) is 0 Å². The Balaban J connectivity index is 1.39. The summed E-state index contributed by atoms with van der Waals surface area (Å²) >= 11 is 0. The molecule has 0 radical (unpaired) electrons. The van der Waals surface area contributed by atoms with Crippen LogP contribution in [0.1, 0.15) is 77.0 Å². The predicted octanol–water partition coefficient (Wildman–Crippen LogP) is 4.66. The summed E-state index contributed by atoms with van der Waals surface area (Å²) in [5.41, 5.74) is 0. The first-order valence-corrected chi connectivity index (χ1v) is 13.4. The molecule has 3 heteroatoms. The van der Waals surface area contributed by atoms with Gasteiger partial charge >= 0.3 is 0 Å². The molecule has 3 nitrogen and oxygen atoms in total. The van der Waals surface area contributed by atoms with E-state index in [0.29, 0.717) is 53.0 Å². The molecule has 7 fully saturated rings. The van der Waals surface area contributed by atoms with Gasteiger partial charge in [0.05, 0.1) is 6.10 Å². The lowest BCUT2D eigenvalue weighted by atomic mass is 9.54. The second-order valence-corrected chi connectivity index (χ2v) is 12.4. The number of carbonyl (C=O) groups excluding carboxylic acids is 2. The minimum Gasteiger partial charge on any atom is -0.393 e. The van der Waals surface area contributed by atoms with Crippen molar-refractivity contribution in [3.8, 4) is 0 Å². The zero-order valence-electron chi connectivity index (χ0n) is 18.3. The summed E-state index contributed by atoms with van der Waals surface area (Å²) < 4.78 is 0. The van der Waals surface area contributed by atoms with Crippen LogP contribution in [0.15, 0.2) is 0 Å². The van der Waals surface area contributed by atoms with Gasteiger partial charge in [-0.2, -0.15) is 0 Å². The lowest BCUT2D eigenvalue weighted by molar-refractivity contribution is -0.136. The van der Waals surface area contributed by atoms with Crippen LogP contribution in [0, 0.1) is 71.0 Å². The van der Waals surface area contributed by atoms with Crippen LogP contribution >= 0.6 is 0 Å². The summed E-state index contributed by atoms with van der Waals surface area (Å²) in [4.78, 5) is 27.8. The summed E-state index contributed by atoms with van der Waals surface area (Å²) in [5, 5.41) is 11.7. The third kappa shape index (κ3) is 2.22. The Labute approximate surface area is 180 Å². The Morgan fingerprint density at radius 3 is 1.53 bits per heavy atom. The van der Waals surface area contributed by atoms with Gasteiger partial charge in [0.15, 0.2) is 0 Å². The van der Waals surface area contributed by atoms with Crippen LogP contribution in [0.4, 0.5) is 0 Å². The summed E-state index contributed by atoms with van der Waals surface area (Å²) in [5.74, 6) is 5.09. The fraction of sp³-hybridized carbons (Fsp3) is 0.926. The number of carbonyl (C=O) groups is 2. The van der Waals surface area contributed by atoms with Crippen LogP contribution < -0.4 is 0 Å². The number of Topliss-reactive ketones (excluding diaryl/α,β-unsaturated/α-hetero) is 2. The van der Waals surface area contributed by atoms with E-state index in [1.54, 1.807) is 0 Å².